The summed E-state index contributed by atoms with van der Waals surface area (Å²) < 4.78 is 0. The summed E-state index contributed by atoms with van der Waals surface area (Å²) in [5.74, 6) is -1.18. The van der Waals surface area contributed by atoms with Gasteiger partial charge in [0.15, 0.2) is 11.7 Å². The van der Waals surface area contributed by atoms with Crippen molar-refractivity contribution < 1.29 is 10.0 Å². The Morgan fingerprint density at radius 2 is 2.00 bits per heavy atom. The Labute approximate surface area is 106 Å². The molecule has 0 spiro atoms. The zero-order chi connectivity index (χ0) is 13.9. The lowest BCUT2D eigenvalue weighted by atomic mass is 10.2. The zero-order valence-electron chi connectivity index (χ0n) is 8.87. The quantitative estimate of drug-likeness (QED) is 0.259. The maximum atomic E-state index is 10.6. The number of nitro groups is 1. The van der Waals surface area contributed by atoms with E-state index in [0.29, 0.717) is 0 Å². The van der Waals surface area contributed by atoms with Crippen LogP contribution in [-0.2, 0) is 0 Å². The summed E-state index contributed by atoms with van der Waals surface area (Å²) in [6, 6.07) is 1.96. The van der Waals surface area contributed by atoms with Crippen LogP contribution in [0.15, 0.2) is 22.1 Å². The van der Waals surface area contributed by atoms with Gasteiger partial charge in [0.1, 0.15) is 5.69 Å². The van der Waals surface area contributed by atoms with Gasteiger partial charge in [0.2, 0.25) is 5.96 Å². The highest BCUT2D eigenvalue weighted by Crippen LogP contribution is 2.37. The van der Waals surface area contributed by atoms with Gasteiger partial charge in [-0.3, -0.25) is 10.1 Å². The summed E-state index contributed by atoms with van der Waals surface area (Å²) in [4.78, 5) is 16.9. The molecule has 0 aliphatic rings. The number of phenols is 1. The Morgan fingerprint density at radius 3 is 2.50 bits per heavy atom. The van der Waals surface area contributed by atoms with Gasteiger partial charge in [-0.25, -0.2) is 4.99 Å². The smallest absolute Gasteiger partial charge is 0.273 e. The van der Waals surface area contributed by atoms with Crippen LogP contribution in [0.2, 0.25) is 5.02 Å². The molecule has 0 aliphatic heterocycles. The molecule has 18 heavy (non-hydrogen) atoms. The summed E-state index contributed by atoms with van der Waals surface area (Å²) in [7, 11) is 0. The van der Waals surface area contributed by atoms with Crippen LogP contribution in [0, 0.1) is 10.1 Å². The normalized spacial score (nSPS) is 11.1. The van der Waals surface area contributed by atoms with E-state index in [4.69, 9.17) is 28.8 Å². The number of aromatic hydroxyl groups is 1. The highest BCUT2D eigenvalue weighted by atomic mass is 35.5. The number of aliphatic imine (C=N–C) groups is 2. The fourth-order valence-electron chi connectivity index (χ4n) is 1.04. The number of rotatable bonds is 2. The van der Waals surface area contributed by atoms with Crippen LogP contribution in [0.4, 0.5) is 11.4 Å². The molecule has 10 heteroatoms. The average Bonchev–Trinajstić information content (AvgIpc) is 2.22. The predicted molar refractivity (Wildman–Crippen MR) is 66.9 cm³/mol. The zero-order valence-corrected chi connectivity index (χ0v) is 9.63. The number of non-ortho nitro benzene ring substituents is 1. The Morgan fingerprint density at radius 1 is 1.39 bits per heavy atom. The standard InChI is InChI=1S/C8H9ClN6O3/c9-4-1-3(15(17)18)2-5(6(4)16)13-8(12)14-7(10)11/h1-2,16H,(H6,10,11,12,13,14). The molecule has 1 aromatic rings. The molecule has 0 fully saturated rings. The minimum absolute atomic E-state index is 0.211. The van der Waals surface area contributed by atoms with Crippen molar-refractivity contribution >= 4 is 34.9 Å². The first-order chi connectivity index (χ1) is 8.31. The fraction of sp³-hybridized carbons (Fsp3) is 0. The second-order valence-corrected chi connectivity index (χ2v) is 3.47. The second kappa shape index (κ2) is 5.19. The third-order valence-corrected chi connectivity index (χ3v) is 2.01. The fourth-order valence-corrected chi connectivity index (χ4v) is 1.25. The van der Waals surface area contributed by atoms with E-state index in [1.807, 2.05) is 0 Å². The minimum atomic E-state index is -0.693. The van der Waals surface area contributed by atoms with Crippen LogP contribution in [-0.4, -0.2) is 21.9 Å². The molecule has 1 aromatic carbocycles. The van der Waals surface area contributed by atoms with E-state index in [-0.39, 0.29) is 28.3 Å². The molecule has 0 bridgehead atoms. The Hall–Kier alpha value is -2.55. The van der Waals surface area contributed by atoms with E-state index < -0.39 is 10.7 Å². The lowest BCUT2D eigenvalue weighted by Crippen LogP contribution is -2.26. The van der Waals surface area contributed by atoms with Crippen LogP contribution in [0.25, 0.3) is 0 Å². The molecule has 96 valence electrons. The number of nitrogens with two attached hydrogens (primary N) is 3. The number of nitrogens with zero attached hydrogens (tertiary/aromatic N) is 3. The number of nitro benzene ring substituents is 1. The van der Waals surface area contributed by atoms with Crippen molar-refractivity contribution in [2.75, 3.05) is 0 Å². The molecule has 0 radical (unpaired) electrons. The molecule has 0 unspecified atom stereocenters. The minimum Gasteiger partial charge on any atom is -0.504 e. The van der Waals surface area contributed by atoms with Gasteiger partial charge in [-0.15, -0.1) is 0 Å². The molecular formula is C8H9ClN6O3. The van der Waals surface area contributed by atoms with Gasteiger partial charge in [-0.05, 0) is 0 Å². The Balaban J connectivity index is 3.32. The van der Waals surface area contributed by atoms with Gasteiger partial charge in [0, 0.05) is 12.1 Å². The average molecular weight is 273 g/mol. The molecular weight excluding hydrogens is 264 g/mol. The maximum absolute atomic E-state index is 10.6. The first kappa shape index (κ1) is 13.5. The summed E-state index contributed by atoms with van der Waals surface area (Å²) in [5.41, 5.74) is 14.9. The Kier molecular flexibility index (Phi) is 3.89. The van der Waals surface area contributed by atoms with Crippen molar-refractivity contribution in [1.29, 1.82) is 0 Å². The van der Waals surface area contributed by atoms with Crippen LogP contribution in [0.5, 0.6) is 5.75 Å². The Bertz CT molecular complexity index is 552. The third-order valence-electron chi connectivity index (χ3n) is 1.72. The van der Waals surface area contributed by atoms with Crippen LogP contribution in [0.1, 0.15) is 0 Å². The number of hydrogen-bond donors (Lipinski definition) is 4. The molecule has 7 N–H and O–H groups in total. The first-order valence-corrected chi connectivity index (χ1v) is 4.79. The van der Waals surface area contributed by atoms with Crippen molar-refractivity contribution in [1.82, 2.24) is 0 Å². The second-order valence-electron chi connectivity index (χ2n) is 3.06. The van der Waals surface area contributed by atoms with Crippen LogP contribution >= 0.6 is 11.6 Å². The summed E-state index contributed by atoms with van der Waals surface area (Å²) >= 11 is 5.60. The van der Waals surface area contributed by atoms with Crippen molar-refractivity contribution in [3.8, 4) is 5.75 Å². The lowest BCUT2D eigenvalue weighted by Gasteiger charge is -2.02. The number of phenolic OH excluding ortho intramolecular Hbond substituents is 1. The maximum Gasteiger partial charge on any atom is 0.273 e. The topological polar surface area (TPSA) is 166 Å². The number of hydrogen-bond acceptors (Lipinski definition) is 4. The third kappa shape index (κ3) is 3.22. The number of guanidine groups is 2. The van der Waals surface area contributed by atoms with E-state index >= 15 is 0 Å². The first-order valence-electron chi connectivity index (χ1n) is 4.42. The lowest BCUT2D eigenvalue weighted by molar-refractivity contribution is -0.384. The highest BCUT2D eigenvalue weighted by Gasteiger charge is 2.15. The van der Waals surface area contributed by atoms with Gasteiger partial charge in [-0.2, -0.15) is 4.99 Å². The van der Waals surface area contributed by atoms with Gasteiger partial charge in [0.05, 0.1) is 9.95 Å². The number of benzene rings is 1. The van der Waals surface area contributed by atoms with E-state index in [1.54, 1.807) is 0 Å². The van der Waals surface area contributed by atoms with E-state index in [9.17, 15) is 15.2 Å². The molecule has 0 atom stereocenters. The molecule has 0 aliphatic carbocycles. The van der Waals surface area contributed by atoms with Crippen LogP contribution < -0.4 is 17.2 Å². The van der Waals surface area contributed by atoms with Gasteiger partial charge in [-0.1, -0.05) is 11.6 Å². The van der Waals surface area contributed by atoms with Crippen molar-refractivity contribution in [3.05, 3.63) is 27.3 Å². The van der Waals surface area contributed by atoms with E-state index in [0.717, 1.165) is 12.1 Å². The molecule has 1 rings (SSSR count). The van der Waals surface area contributed by atoms with Crippen molar-refractivity contribution in [2.45, 2.75) is 0 Å². The van der Waals surface area contributed by atoms with Crippen molar-refractivity contribution in [3.63, 3.8) is 0 Å². The van der Waals surface area contributed by atoms with Gasteiger partial charge >= 0.3 is 0 Å². The molecule has 0 heterocycles. The summed E-state index contributed by atoms with van der Waals surface area (Å²) in [6.45, 7) is 0. The predicted octanol–water partition coefficient (Wildman–Crippen LogP) is 0.173. The molecule has 0 amide bonds. The van der Waals surface area contributed by atoms with E-state index in [1.165, 1.54) is 0 Å². The number of halogens is 1. The van der Waals surface area contributed by atoms with E-state index in [2.05, 4.69) is 9.98 Å². The van der Waals surface area contributed by atoms with Gasteiger partial charge < -0.3 is 22.3 Å². The van der Waals surface area contributed by atoms with Crippen LogP contribution in [0.3, 0.4) is 0 Å². The molecule has 0 aromatic heterocycles. The highest BCUT2D eigenvalue weighted by molar-refractivity contribution is 6.32. The monoisotopic (exact) mass is 272 g/mol. The SMILES string of the molecule is NC(N)=NC(N)=Nc1cc([N+](=O)[O-])cc(Cl)c1O. The summed E-state index contributed by atoms with van der Waals surface area (Å²) in [5, 5.41) is 19.9. The van der Waals surface area contributed by atoms with Crippen molar-refractivity contribution in [2.24, 2.45) is 27.2 Å². The molecule has 9 nitrogen and oxygen atoms in total. The van der Waals surface area contributed by atoms with Gasteiger partial charge in [0.25, 0.3) is 5.69 Å². The largest absolute Gasteiger partial charge is 0.504 e. The molecule has 0 saturated heterocycles. The molecule has 0 saturated carbocycles. The summed E-state index contributed by atoms with van der Waals surface area (Å²) in [6.07, 6.45) is 0.